The van der Waals surface area contributed by atoms with E-state index in [4.69, 9.17) is 17.3 Å². The summed E-state index contributed by atoms with van der Waals surface area (Å²) in [4.78, 5) is 5.26. The number of anilines is 1. The molecule has 0 saturated heterocycles. The number of aryl methyl sites for hydroxylation is 1. The fraction of sp³-hybridized carbons (Fsp3) is 0.250. The van der Waals surface area contributed by atoms with E-state index in [1.807, 2.05) is 30.7 Å². The second kappa shape index (κ2) is 5.47. The molecular weight excluding hydrogens is 254 g/mol. The third kappa shape index (κ3) is 2.96. The highest BCUT2D eigenvalue weighted by molar-refractivity contribution is 7.98. The number of hydrogen-bond donors (Lipinski definition) is 1. The molecule has 0 fully saturated rings. The van der Waals surface area contributed by atoms with Gasteiger partial charge in [0.1, 0.15) is 0 Å². The molecule has 1 aromatic carbocycles. The highest BCUT2D eigenvalue weighted by Crippen LogP contribution is 2.28. The number of imidazole rings is 1. The van der Waals surface area contributed by atoms with Gasteiger partial charge in [-0.2, -0.15) is 0 Å². The van der Waals surface area contributed by atoms with E-state index in [0.29, 0.717) is 10.7 Å². The topological polar surface area (TPSA) is 43.8 Å². The largest absolute Gasteiger partial charge is 0.398 e. The molecule has 1 aromatic heterocycles. The summed E-state index contributed by atoms with van der Waals surface area (Å²) in [6, 6.07) is 5.72. The van der Waals surface area contributed by atoms with Crippen LogP contribution >= 0.6 is 23.4 Å². The number of halogens is 1. The number of rotatable bonds is 4. The summed E-state index contributed by atoms with van der Waals surface area (Å²) < 4.78 is 2.13. The second-order valence-electron chi connectivity index (χ2n) is 3.64. The molecule has 0 unspecified atom stereocenters. The monoisotopic (exact) mass is 267 g/mol. The van der Waals surface area contributed by atoms with Gasteiger partial charge in [-0.15, -0.1) is 11.8 Å². The number of nitrogen functional groups attached to an aromatic ring is 1. The number of aromatic nitrogens is 2. The van der Waals surface area contributed by atoms with Gasteiger partial charge in [0.2, 0.25) is 0 Å². The van der Waals surface area contributed by atoms with Gasteiger partial charge in [-0.25, -0.2) is 4.98 Å². The Morgan fingerprint density at radius 1 is 1.47 bits per heavy atom. The van der Waals surface area contributed by atoms with Gasteiger partial charge >= 0.3 is 0 Å². The van der Waals surface area contributed by atoms with Crippen molar-refractivity contribution in [1.82, 2.24) is 9.55 Å². The lowest BCUT2D eigenvalue weighted by molar-refractivity contribution is 0.734. The number of nitrogens with two attached hydrogens (primary N) is 1. The quantitative estimate of drug-likeness (QED) is 0.682. The maximum Gasteiger partial charge on any atom is 0.0948 e. The molecule has 1 heterocycles. The van der Waals surface area contributed by atoms with Crippen LogP contribution in [0.15, 0.2) is 35.6 Å². The molecule has 0 saturated carbocycles. The van der Waals surface area contributed by atoms with Crippen molar-refractivity contribution in [2.24, 2.45) is 0 Å². The van der Waals surface area contributed by atoms with Crippen LogP contribution in [-0.2, 0) is 12.3 Å². The fourth-order valence-corrected chi connectivity index (χ4v) is 2.67. The Kier molecular flexibility index (Phi) is 3.97. The molecule has 3 nitrogen and oxygen atoms in total. The third-order valence-electron chi connectivity index (χ3n) is 2.50. The summed E-state index contributed by atoms with van der Waals surface area (Å²) in [6.45, 7) is 3.05. The van der Waals surface area contributed by atoms with Crippen molar-refractivity contribution in [2.45, 2.75) is 24.1 Å². The Labute approximate surface area is 110 Å². The minimum absolute atomic E-state index is 0.610. The van der Waals surface area contributed by atoms with E-state index in [9.17, 15) is 0 Å². The first-order valence-corrected chi connectivity index (χ1v) is 6.74. The molecular formula is C12H14ClN3S. The first-order valence-electron chi connectivity index (χ1n) is 5.37. The van der Waals surface area contributed by atoms with Crippen LogP contribution in [0.4, 0.5) is 5.69 Å². The van der Waals surface area contributed by atoms with Crippen molar-refractivity contribution in [3.05, 3.63) is 41.4 Å². The Hall–Kier alpha value is -1.13. The highest BCUT2D eigenvalue weighted by atomic mass is 35.5. The number of thioether (sulfide) groups is 1. The lowest BCUT2D eigenvalue weighted by atomic mass is 10.3. The molecule has 90 valence electrons. The Morgan fingerprint density at radius 2 is 2.29 bits per heavy atom. The van der Waals surface area contributed by atoms with Crippen LogP contribution in [0.5, 0.6) is 0 Å². The summed E-state index contributed by atoms with van der Waals surface area (Å²) in [7, 11) is 0. The van der Waals surface area contributed by atoms with Crippen molar-refractivity contribution < 1.29 is 0 Å². The lowest BCUT2D eigenvalue weighted by Gasteiger charge is -2.06. The van der Waals surface area contributed by atoms with Gasteiger partial charge in [0.25, 0.3) is 0 Å². The average Bonchev–Trinajstić information content (AvgIpc) is 2.78. The molecule has 0 aliphatic carbocycles. The Morgan fingerprint density at radius 3 is 3.00 bits per heavy atom. The molecule has 0 atom stereocenters. The standard InChI is InChI=1S/C12H14ClN3S/c1-2-16-8-15-6-9(16)7-17-10-3-4-12(14)11(13)5-10/h3-6,8H,2,7,14H2,1H3. The van der Waals surface area contributed by atoms with E-state index in [2.05, 4.69) is 16.5 Å². The maximum atomic E-state index is 5.98. The SMILES string of the molecule is CCn1cncc1CSc1ccc(N)c(Cl)c1. The van der Waals surface area contributed by atoms with Gasteiger partial charge in [0, 0.05) is 29.1 Å². The molecule has 0 aliphatic heterocycles. The predicted molar refractivity (Wildman–Crippen MR) is 73.3 cm³/mol. The highest BCUT2D eigenvalue weighted by Gasteiger charge is 2.03. The van der Waals surface area contributed by atoms with Crippen molar-refractivity contribution in [2.75, 3.05) is 5.73 Å². The van der Waals surface area contributed by atoms with Crippen LogP contribution in [-0.4, -0.2) is 9.55 Å². The van der Waals surface area contributed by atoms with Gasteiger partial charge in [0.05, 0.1) is 17.0 Å². The molecule has 2 aromatic rings. The zero-order chi connectivity index (χ0) is 12.3. The van der Waals surface area contributed by atoms with Gasteiger partial charge in [-0.05, 0) is 25.1 Å². The summed E-state index contributed by atoms with van der Waals surface area (Å²) >= 11 is 7.71. The molecule has 0 bridgehead atoms. The maximum absolute atomic E-state index is 5.98. The molecule has 0 radical (unpaired) electrons. The van der Waals surface area contributed by atoms with Crippen molar-refractivity contribution in [1.29, 1.82) is 0 Å². The Bertz CT molecular complexity index is 510. The van der Waals surface area contributed by atoms with E-state index in [0.717, 1.165) is 17.2 Å². The van der Waals surface area contributed by atoms with Crippen LogP contribution in [0.1, 0.15) is 12.6 Å². The van der Waals surface area contributed by atoms with Crippen LogP contribution in [0.2, 0.25) is 5.02 Å². The zero-order valence-electron chi connectivity index (χ0n) is 9.56. The third-order valence-corrected chi connectivity index (χ3v) is 3.85. The van der Waals surface area contributed by atoms with E-state index in [1.165, 1.54) is 5.69 Å². The fourth-order valence-electron chi connectivity index (χ4n) is 1.51. The van der Waals surface area contributed by atoms with E-state index in [-0.39, 0.29) is 0 Å². The minimum atomic E-state index is 0.610. The molecule has 0 aliphatic rings. The number of hydrogen-bond acceptors (Lipinski definition) is 3. The smallest absolute Gasteiger partial charge is 0.0948 e. The van der Waals surface area contributed by atoms with Gasteiger partial charge in [-0.3, -0.25) is 0 Å². The average molecular weight is 268 g/mol. The molecule has 17 heavy (non-hydrogen) atoms. The minimum Gasteiger partial charge on any atom is -0.398 e. The molecule has 2 N–H and O–H groups in total. The zero-order valence-corrected chi connectivity index (χ0v) is 11.1. The normalized spacial score (nSPS) is 10.7. The summed E-state index contributed by atoms with van der Waals surface area (Å²) in [5.74, 6) is 0.883. The van der Waals surface area contributed by atoms with E-state index >= 15 is 0 Å². The van der Waals surface area contributed by atoms with Gasteiger partial charge in [0.15, 0.2) is 0 Å². The first kappa shape index (κ1) is 12.3. The first-order chi connectivity index (χ1) is 8.20. The van der Waals surface area contributed by atoms with Gasteiger partial charge < -0.3 is 10.3 Å². The molecule has 2 rings (SSSR count). The van der Waals surface area contributed by atoms with Crippen LogP contribution < -0.4 is 5.73 Å². The predicted octanol–water partition coefficient (Wildman–Crippen LogP) is 3.43. The number of benzene rings is 1. The van der Waals surface area contributed by atoms with Crippen LogP contribution in [0.25, 0.3) is 0 Å². The summed E-state index contributed by atoms with van der Waals surface area (Å²) in [5.41, 5.74) is 7.50. The summed E-state index contributed by atoms with van der Waals surface area (Å²) in [5, 5.41) is 0.610. The lowest BCUT2D eigenvalue weighted by Crippen LogP contribution is -1.97. The van der Waals surface area contributed by atoms with Crippen molar-refractivity contribution >= 4 is 29.1 Å². The molecule has 5 heteroatoms. The molecule has 0 spiro atoms. The van der Waals surface area contributed by atoms with E-state index in [1.54, 1.807) is 11.8 Å². The Balaban J connectivity index is 2.05. The van der Waals surface area contributed by atoms with Gasteiger partial charge in [-0.1, -0.05) is 11.6 Å². The van der Waals surface area contributed by atoms with Crippen LogP contribution in [0.3, 0.4) is 0 Å². The molecule has 0 amide bonds. The van der Waals surface area contributed by atoms with E-state index < -0.39 is 0 Å². The van der Waals surface area contributed by atoms with Crippen LogP contribution in [0, 0.1) is 0 Å². The second-order valence-corrected chi connectivity index (χ2v) is 5.10. The van der Waals surface area contributed by atoms with Crippen molar-refractivity contribution in [3.8, 4) is 0 Å². The van der Waals surface area contributed by atoms with Crippen molar-refractivity contribution in [3.63, 3.8) is 0 Å². The summed E-state index contributed by atoms with van der Waals surface area (Å²) in [6.07, 6.45) is 3.75. The number of nitrogens with zero attached hydrogens (tertiary/aromatic N) is 2.